The molecule has 1 aliphatic heterocycles. The highest BCUT2D eigenvalue weighted by atomic mass is 35.5. The number of aliphatic carboxylic acids is 1. The lowest BCUT2D eigenvalue weighted by atomic mass is 10.0. The Bertz CT molecular complexity index is 482. The van der Waals surface area contributed by atoms with E-state index in [1.165, 1.54) is 0 Å². The molecule has 1 aliphatic rings. The predicted octanol–water partition coefficient (Wildman–Crippen LogP) is 2.41. The van der Waals surface area contributed by atoms with E-state index < -0.39 is 12.0 Å². The van der Waals surface area contributed by atoms with Crippen LogP contribution in [0.5, 0.6) is 0 Å². The maximum absolute atomic E-state index is 11.6. The highest BCUT2D eigenvalue weighted by Gasteiger charge is 2.30. The molecule has 0 aromatic heterocycles. The maximum Gasteiger partial charge on any atom is 0.325 e. The molecule has 2 atom stereocenters. The average Bonchev–Trinajstić information content (AvgIpc) is 2.33. The molecule has 4 nitrogen and oxygen atoms in total. The van der Waals surface area contributed by atoms with Crippen LogP contribution in [0.2, 0.25) is 10.0 Å². The summed E-state index contributed by atoms with van der Waals surface area (Å²) in [5.74, 6) is -0.868. The van der Waals surface area contributed by atoms with Crippen LogP contribution in [0.15, 0.2) is 18.2 Å². The van der Waals surface area contributed by atoms with Crippen LogP contribution in [0.25, 0.3) is 0 Å². The van der Waals surface area contributed by atoms with Crippen LogP contribution in [-0.4, -0.2) is 41.7 Å². The summed E-state index contributed by atoms with van der Waals surface area (Å²) in [5.41, 5.74) is 0.663. The predicted molar refractivity (Wildman–Crippen MR) is 75.9 cm³/mol. The van der Waals surface area contributed by atoms with Gasteiger partial charge in [0.05, 0.1) is 10.0 Å². The van der Waals surface area contributed by atoms with Gasteiger partial charge in [-0.15, -0.1) is 0 Å². The Labute approximate surface area is 122 Å². The van der Waals surface area contributed by atoms with E-state index in [4.69, 9.17) is 23.2 Å². The van der Waals surface area contributed by atoms with Gasteiger partial charge < -0.3 is 10.4 Å². The van der Waals surface area contributed by atoms with Crippen LogP contribution < -0.4 is 5.32 Å². The zero-order valence-electron chi connectivity index (χ0n) is 10.6. The molecule has 2 unspecified atom stereocenters. The molecule has 1 aromatic rings. The first-order chi connectivity index (χ1) is 8.99. The number of nitrogens with one attached hydrogen (secondary N) is 1. The number of piperazine rings is 1. The number of halogens is 2. The van der Waals surface area contributed by atoms with Crippen LogP contribution in [-0.2, 0) is 4.79 Å². The van der Waals surface area contributed by atoms with E-state index in [0.29, 0.717) is 28.7 Å². The molecule has 0 amide bonds. The van der Waals surface area contributed by atoms with Crippen molar-refractivity contribution in [3.05, 3.63) is 33.8 Å². The molecule has 2 N–H and O–H groups in total. The van der Waals surface area contributed by atoms with E-state index in [1.54, 1.807) is 18.2 Å². The van der Waals surface area contributed by atoms with Gasteiger partial charge >= 0.3 is 5.97 Å². The fourth-order valence-corrected chi connectivity index (χ4v) is 2.70. The molecule has 0 bridgehead atoms. The molecule has 0 saturated carbocycles. The second kappa shape index (κ2) is 6.09. The zero-order chi connectivity index (χ0) is 14.0. The molecule has 6 heteroatoms. The number of carbonyl (C=O) groups is 1. The maximum atomic E-state index is 11.6. The van der Waals surface area contributed by atoms with Crippen LogP contribution in [0, 0.1) is 0 Å². The Morgan fingerprint density at radius 1 is 1.47 bits per heavy atom. The average molecular weight is 303 g/mol. The van der Waals surface area contributed by atoms with Crippen molar-refractivity contribution < 1.29 is 9.90 Å². The summed E-state index contributed by atoms with van der Waals surface area (Å²) >= 11 is 11.8. The van der Waals surface area contributed by atoms with E-state index in [-0.39, 0.29) is 6.04 Å². The van der Waals surface area contributed by atoms with Crippen molar-refractivity contribution in [1.29, 1.82) is 0 Å². The molecule has 1 fully saturated rings. The van der Waals surface area contributed by atoms with Crippen LogP contribution >= 0.6 is 23.2 Å². The van der Waals surface area contributed by atoms with Gasteiger partial charge in [0.25, 0.3) is 0 Å². The first kappa shape index (κ1) is 14.6. The minimum Gasteiger partial charge on any atom is -0.480 e. The van der Waals surface area contributed by atoms with E-state index in [0.717, 1.165) is 6.54 Å². The van der Waals surface area contributed by atoms with Gasteiger partial charge in [0.15, 0.2) is 0 Å². The van der Waals surface area contributed by atoms with Gasteiger partial charge in [0.2, 0.25) is 0 Å². The second-order valence-corrected chi connectivity index (χ2v) is 5.58. The molecule has 1 saturated heterocycles. The lowest BCUT2D eigenvalue weighted by Gasteiger charge is -2.36. The number of benzene rings is 1. The Morgan fingerprint density at radius 2 is 2.21 bits per heavy atom. The minimum absolute atomic E-state index is 0.276. The highest BCUT2D eigenvalue weighted by molar-refractivity contribution is 6.42. The summed E-state index contributed by atoms with van der Waals surface area (Å²) in [4.78, 5) is 13.5. The zero-order valence-corrected chi connectivity index (χ0v) is 12.1. The van der Waals surface area contributed by atoms with Crippen molar-refractivity contribution in [2.45, 2.75) is 19.0 Å². The van der Waals surface area contributed by atoms with Crippen molar-refractivity contribution >= 4 is 29.2 Å². The van der Waals surface area contributed by atoms with E-state index in [2.05, 4.69) is 5.32 Å². The lowest BCUT2D eigenvalue weighted by molar-refractivity contribution is -0.144. The van der Waals surface area contributed by atoms with Crippen molar-refractivity contribution in [1.82, 2.24) is 10.2 Å². The van der Waals surface area contributed by atoms with Crippen LogP contribution in [0.1, 0.15) is 18.5 Å². The third-order valence-electron chi connectivity index (χ3n) is 3.26. The lowest BCUT2D eigenvalue weighted by Crippen LogP contribution is -2.51. The number of hydrogen-bond acceptors (Lipinski definition) is 3. The Balaban J connectivity index is 2.28. The standard InChI is InChI=1S/C13H16Cl2N2O2/c1-8-7-17(5-4-16-8)12(13(18)19)9-2-3-10(14)11(15)6-9/h2-3,6,8,12,16H,4-5,7H2,1H3,(H,18,19). The fraction of sp³-hybridized carbons (Fsp3) is 0.462. The molecule has 0 aliphatic carbocycles. The molecule has 104 valence electrons. The summed E-state index contributed by atoms with van der Waals surface area (Å²) in [6, 6.07) is 4.59. The van der Waals surface area contributed by atoms with Gasteiger partial charge in [-0.2, -0.15) is 0 Å². The molecular weight excluding hydrogens is 287 g/mol. The quantitative estimate of drug-likeness (QED) is 0.900. The van der Waals surface area contributed by atoms with Crippen molar-refractivity contribution in [3.63, 3.8) is 0 Å². The molecule has 19 heavy (non-hydrogen) atoms. The van der Waals surface area contributed by atoms with Gasteiger partial charge in [-0.1, -0.05) is 29.3 Å². The first-order valence-electron chi connectivity index (χ1n) is 6.14. The summed E-state index contributed by atoms with van der Waals surface area (Å²) in [5, 5.41) is 13.6. The number of hydrogen-bond donors (Lipinski definition) is 2. The number of nitrogens with zero attached hydrogens (tertiary/aromatic N) is 1. The van der Waals surface area contributed by atoms with E-state index >= 15 is 0 Å². The fourth-order valence-electron chi connectivity index (χ4n) is 2.39. The topological polar surface area (TPSA) is 52.6 Å². The Morgan fingerprint density at radius 3 is 2.79 bits per heavy atom. The Hall–Kier alpha value is -0.810. The third-order valence-corrected chi connectivity index (χ3v) is 4.00. The summed E-state index contributed by atoms with van der Waals surface area (Å²) in [6.07, 6.45) is 0. The molecule has 0 spiro atoms. The van der Waals surface area contributed by atoms with E-state index in [9.17, 15) is 9.90 Å². The SMILES string of the molecule is CC1CN(C(C(=O)O)c2ccc(Cl)c(Cl)c2)CCN1. The third kappa shape index (κ3) is 3.39. The molecule has 1 heterocycles. The molecule has 1 aromatic carbocycles. The van der Waals surface area contributed by atoms with E-state index in [1.807, 2.05) is 11.8 Å². The molecule has 0 radical (unpaired) electrons. The highest BCUT2D eigenvalue weighted by Crippen LogP contribution is 2.29. The van der Waals surface area contributed by atoms with Gasteiger partial charge in [-0.25, -0.2) is 0 Å². The van der Waals surface area contributed by atoms with Crippen molar-refractivity contribution in [2.24, 2.45) is 0 Å². The minimum atomic E-state index is -0.868. The number of rotatable bonds is 3. The van der Waals surface area contributed by atoms with Gasteiger partial charge in [-0.3, -0.25) is 9.69 Å². The summed E-state index contributed by atoms with van der Waals surface area (Å²) in [6.45, 7) is 4.21. The van der Waals surface area contributed by atoms with Gasteiger partial charge in [0, 0.05) is 25.7 Å². The van der Waals surface area contributed by atoms with Crippen LogP contribution in [0.4, 0.5) is 0 Å². The summed E-state index contributed by atoms with van der Waals surface area (Å²) in [7, 11) is 0. The van der Waals surface area contributed by atoms with Crippen molar-refractivity contribution in [3.8, 4) is 0 Å². The molecular formula is C13H16Cl2N2O2. The van der Waals surface area contributed by atoms with Crippen molar-refractivity contribution in [2.75, 3.05) is 19.6 Å². The summed E-state index contributed by atoms with van der Waals surface area (Å²) < 4.78 is 0. The second-order valence-electron chi connectivity index (χ2n) is 4.76. The monoisotopic (exact) mass is 302 g/mol. The Kier molecular flexibility index (Phi) is 4.68. The molecule has 2 rings (SSSR count). The van der Waals surface area contributed by atoms with Gasteiger partial charge in [0.1, 0.15) is 6.04 Å². The van der Waals surface area contributed by atoms with Crippen LogP contribution in [0.3, 0.4) is 0 Å². The normalized spacial score (nSPS) is 22.2. The van der Waals surface area contributed by atoms with Gasteiger partial charge in [-0.05, 0) is 24.6 Å². The smallest absolute Gasteiger partial charge is 0.325 e. The largest absolute Gasteiger partial charge is 0.480 e. The first-order valence-corrected chi connectivity index (χ1v) is 6.90. The number of carboxylic acid groups (broad SMARTS) is 1. The number of carboxylic acids is 1.